The molecular weight excluding hydrogens is 327 g/mol. The fourth-order valence-corrected chi connectivity index (χ4v) is 2.48. The number of hydrogen-bond acceptors (Lipinski definition) is 6. The molecule has 114 valence electrons. The van der Waals surface area contributed by atoms with Gasteiger partial charge in [-0.1, -0.05) is 0 Å². The quantitative estimate of drug-likeness (QED) is 0.854. The number of halogens is 4. The number of anilines is 1. The first kappa shape index (κ1) is 15.9. The molecule has 0 saturated heterocycles. The van der Waals surface area contributed by atoms with E-state index in [1.165, 1.54) is 0 Å². The fourth-order valence-electron chi connectivity index (χ4n) is 1.61. The lowest BCUT2D eigenvalue weighted by Gasteiger charge is -2.18. The normalized spacial score (nSPS) is 11.7. The number of alkyl halides is 3. The first-order chi connectivity index (χ1) is 9.85. The van der Waals surface area contributed by atoms with E-state index in [-0.39, 0.29) is 16.0 Å². The second-order valence-corrected chi connectivity index (χ2v) is 5.30. The van der Waals surface area contributed by atoms with Crippen LogP contribution in [-0.2, 0) is 6.18 Å². The number of thiazole rings is 1. The van der Waals surface area contributed by atoms with Gasteiger partial charge in [0, 0.05) is 19.3 Å². The number of rotatable bonds is 4. The summed E-state index contributed by atoms with van der Waals surface area (Å²) in [5.41, 5.74) is 0. The molecule has 0 amide bonds. The highest BCUT2D eigenvalue weighted by Crippen LogP contribution is 2.35. The Morgan fingerprint density at radius 2 is 1.86 bits per heavy atom. The van der Waals surface area contributed by atoms with Gasteiger partial charge in [-0.2, -0.15) is 28.1 Å². The second kappa shape index (κ2) is 6.10. The average molecular weight is 338 g/mol. The van der Waals surface area contributed by atoms with Gasteiger partial charge in [0.25, 0.3) is 0 Å². The predicted molar refractivity (Wildman–Crippen MR) is 74.5 cm³/mol. The average Bonchev–Trinajstić information content (AvgIpc) is 2.89. The maximum atomic E-state index is 12.6. The Hall–Kier alpha value is -1.48. The Labute approximate surface area is 127 Å². The van der Waals surface area contributed by atoms with Crippen molar-refractivity contribution in [2.24, 2.45) is 0 Å². The molecule has 0 aliphatic carbocycles. The number of hydrogen-bond donors (Lipinski definition) is 0. The second-order valence-electron chi connectivity index (χ2n) is 3.93. The van der Waals surface area contributed by atoms with E-state index in [0.717, 1.165) is 6.20 Å². The largest absolute Gasteiger partial charge is 0.443 e. The zero-order valence-corrected chi connectivity index (χ0v) is 12.7. The van der Waals surface area contributed by atoms with E-state index in [1.54, 1.807) is 0 Å². The topological polar surface area (TPSA) is 54.8 Å². The molecule has 2 aromatic heterocycles. The molecule has 10 heteroatoms. The Kier molecular flexibility index (Phi) is 4.62. The Balaban J connectivity index is 2.42. The van der Waals surface area contributed by atoms with Crippen LogP contribution in [0.4, 0.5) is 19.1 Å². The Morgan fingerprint density at radius 1 is 1.19 bits per heavy atom. The SMILES string of the molecule is CCN(CC)c1nc(Cl)nc(-c2cnc(C(F)(F)F)s2)n1. The van der Waals surface area contributed by atoms with Crippen LogP contribution in [0.5, 0.6) is 0 Å². The van der Waals surface area contributed by atoms with Crippen molar-refractivity contribution < 1.29 is 13.2 Å². The summed E-state index contributed by atoms with van der Waals surface area (Å²) in [5.74, 6) is 0.418. The van der Waals surface area contributed by atoms with Gasteiger partial charge in [0.15, 0.2) is 10.8 Å². The third-order valence-electron chi connectivity index (χ3n) is 2.61. The summed E-state index contributed by atoms with van der Waals surface area (Å²) in [6.07, 6.45) is -3.40. The zero-order chi connectivity index (χ0) is 15.6. The summed E-state index contributed by atoms with van der Waals surface area (Å²) in [6, 6.07) is 0. The lowest BCUT2D eigenvalue weighted by molar-refractivity contribution is -0.137. The molecule has 0 N–H and O–H groups in total. The van der Waals surface area contributed by atoms with Crippen molar-refractivity contribution in [2.75, 3.05) is 18.0 Å². The van der Waals surface area contributed by atoms with E-state index >= 15 is 0 Å². The molecule has 0 fully saturated rings. The van der Waals surface area contributed by atoms with Crippen LogP contribution in [0.15, 0.2) is 6.20 Å². The monoisotopic (exact) mass is 337 g/mol. The van der Waals surface area contributed by atoms with Gasteiger partial charge in [0.05, 0.1) is 4.88 Å². The molecule has 0 radical (unpaired) electrons. The lowest BCUT2D eigenvalue weighted by Crippen LogP contribution is -2.24. The first-order valence-corrected chi connectivity index (χ1v) is 7.24. The van der Waals surface area contributed by atoms with Crippen LogP contribution in [0.25, 0.3) is 10.7 Å². The van der Waals surface area contributed by atoms with Crippen LogP contribution >= 0.6 is 22.9 Å². The third-order valence-corrected chi connectivity index (χ3v) is 3.82. The Bertz CT molecular complexity index is 627. The lowest BCUT2D eigenvalue weighted by atomic mass is 10.5. The van der Waals surface area contributed by atoms with Gasteiger partial charge < -0.3 is 4.90 Å². The van der Waals surface area contributed by atoms with Crippen LogP contribution in [-0.4, -0.2) is 33.0 Å². The maximum absolute atomic E-state index is 12.6. The molecule has 5 nitrogen and oxygen atoms in total. The van der Waals surface area contributed by atoms with Crippen molar-refractivity contribution in [1.29, 1.82) is 0 Å². The molecule has 2 rings (SSSR count). The van der Waals surface area contributed by atoms with Crippen LogP contribution in [0.1, 0.15) is 18.9 Å². The molecule has 0 atom stereocenters. The van der Waals surface area contributed by atoms with Crippen LogP contribution in [0.2, 0.25) is 5.28 Å². The maximum Gasteiger partial charge on any atom is 0.443 e. The standard InChI is InChI=1S/C11H11ClF3N5S/c1-3-20(4-2)10-18-7(17-9(12)19-10)6-5-16-8(21-6)11(13,14)15/h5H,3-4H2,1-2H3. The summed E-state index contributed by atoms with van der Waals surface area (Å²) in [7, 11) is 0. The smallest absolute Gasteiger partial charge is 0.341 e. The van der Waals surface area contributed by atoms with E-state index in [0.29, 0.717) is 30.4 Å². The van der Waals surface area contributed by atoms with Gasteiger partial charge in [-0.3, -0.25) is 0 Å². The van der Waals surface area contributed by atoms with Crippen molar-refractivity contribution in [3.8, 4) is 10.7 Å². The number of nitrogens with zero attached hydrogens (tertiary/aromatic N) is 5. The highest BCUT2D eigenvalue weighted by molar-refractivity contribution is 7.15. The zero-order valence-electron chi connectivity index (χ0n) is 11.1. The summed E-state index contributed by atoms with van der Waals surface area (Å²) in [4.78, 5) is 17.4. The number of aromatic nitrogens is 4. The minimum absolute atomic E-state index is 0.0659. The molecule has 2 heterocycles. The van der Waals surface area contributed by atoms with Crippen molar-refractivity contribution in [3.63, 3.8) is 0 Å². The van der Waals surface area contributed by atoms with Gasteiger partial charge in [-0.25, -0.2) is 4.98 Å². The fraction of sp³-hybridized carbons (Fsp3) is 0.455. The summed E-state index contributed by atoms with van der Waals surface area (Å²) >= 11 is 6.30. The van der Waals surface area contributed by atoms with Gasteiger partial charge in [0.1, 0.15) is 0 Å². The van der Waals surface area contributed by atoms with Gasteiger partial charge >= 0.3 is 6.18 Å². The van der Waals surface area contributed by atoms with Crippen molar-refractivity contribution in [2.45, 2.75) is 20.0 Å². The van der Waals surface area contributed by atoms with E-state index in [9.17, 15) is 13.2 Å². The van der Waals surface area contributed by atoms with Crippen molar-refractivity contribution in [3.05, 3.63) is 16.5 Å². The molecule has 0 aliphatic heterocycles. The molecule has 0 bridgehead atoms. The van der Waals surface area contributed by atoms with E-state index < -0.39 is 11.2 Å². The molecule has 21 heavy (non-hydrogen) atoms. The van der Waals surface area contributed by atoms with Crippen LogP contribution in [0.3, 0.4) is 0 Å². The van der Waals surface area contributed by atoms with E-state index in [2.05, 4.69) is 19.9 Å². The minimum Gasteiger partial charge on any atom is -0.341 e. The summed E-state index contributed by atoms with van der Waals surface area (Å²) < 4.78 is 37.7. The molecule has 2 aromatic rings. The van der Waals surface area contributed by atoms with E-state index in [4.69, 9.17) is 11.6 Å². The van der Waals surface area contributed by atoms with Gasteiger partial charge in [-0.05, 0) is 25.4 Å². The summed E-state index contributed by atoms with van der Waals surface area (Å²) in [6.45, 7) is 5.12. The third kappa shape index (κ3) is 3.59. The molecule has 0 aliphatic rings. The minimum atomic E-state index is -4.48. The predicted octanol–water partition coefficient (Wildman–Crippen LogP) is 3.51. The molecule has 0 spiro atoms. The van der Waals surface area contributed by atoms with Gasteiger partial charge in [-0.15, -0.1) is 11.3 Å². The Morgan fingerprint density at radius 3 is 2.38 bits per heavy atom. The molecular formula is C11H11ClF3N5S. The summed E-state index contributed by atoms with van der Waals surface area (Å²) in [5, 5.41) is -1.01. The van der Waals surface area contributed by atoms with Crippen molar-refractivity contribution in [1.82, 2.24) is 19.9 Å². The van der Waals surface area contributed by atoms with Crippen molar-refractivity contribution >= 4 is 28.9 Å². The molecule has 0 saturated carbocycles. The van der Waals surface area contributed by atoms with Crippen LogP contribution < -0.4 is 4.90 Å². The highest BCUT2D eigenvalue weighted by atomic mass is 35.5. The van der Waals surface area contributed by atoms with Gasteiger partial charge in [0.2, 0.25) is 11.2 Å². The molecule has 0 unspecified atom stereocenters. The van der Waals surface area contributed by atoms with Crippen LogP contribution in [0, 0.1) is 0 Å². The first-order valence-electron chi connectivity index (χ1n) is 6.05. The molecule has 0 aromatic carbocycles. The van der Waals surface area contributed by atoms with E-state index in [1.807, 2.05) is 18.7 Å². The highest BCUT2D eigenvalue weighted by Gasteiger charge is 2.35.